The topological polar surface area (TPSA) is 12.5 Å². The predicted octanol–water partition coefficient (Wildman–Crippen LogP) is 16.8. The molecule has 11 aromatic rings. The van der Waals surface area contributed by atoms with Crippen LogP contribution in [0.15, 0.2) is 246 Å². The minimum atomic E-state index is -0.545. The lowest BCUT2D eigenvalue weighted by Crippen LogP contribution is -2.32. The minimum Gasteiger partial charge on any atom is -0.457 e. The van der Waals surface area contributed by atoms with Gasteiger partial charge >= 0.3 is 0 Å². The molecule has 0 amide bonds. The van der Waals surface area contributed by atoms with Crippen molar-refractivity contribution in [2.24, 2.45) is 0 Å². The van der Waals surface area contributed by atoms with Gasteiger partial charge in [0.05, 0.1) is 10.8 Å². The van der Waals surface area contributed by atoms with Crippen molar-refractivity contribution in [3.05, 3.63) is 281 Å². The van der Waals surface area contributed by atoms with Gasteiger partial charge < -0.3 is 9.64 Å². The Balaban J connectivity index is 1.01. The van der Waals surface area contributed by atoms with E-state index in [-0.39, 0.29) is 0 Å². The van der Waals surface area contributed by atoms with E-state index in [1.54, 1.807) is 0 Å². The van der Waals surface area contributed by atoms with E-state index >= 15 is 0 Å². The molecule has 0 N–H and O–H groups in total. The molecule has 15 rings (SSSR count). The van der Waals surface area contributed by atoms with Gasteiger partial charge in [-0.3, -0.25) is 0 Å². The van der Waals surface area contributed by atoms with Gasteiger partial charge in [0, 0.05) is 38.0 Å². The normalized spacial score (nSPS) is 14.6. The Hall–Kier alpha value is -8.11. The lowest BCUT2D eigenvalue weighted by atomic mass is 9.66. The quantitative estimate of drug-likeness (QED) is 0.164. The molecule has 0 unspecified atom stereocenters. The lowest BCUT2D eigenvalue weighted by Gasteiger charge is -2.40. The first-order valence-corrected chi connectivity index (χ1v) is 24.0. The van der Waals surface area contributed by atoms with Crippen LogP contribution in [-0.2, 0) is 10.8 Å². The summed E-state index contributed by atoms with van der Waals surface area (Å²) in [6.45, 7) is 0. The molecule has 312 valence electrons. The molecule has 2 heterocycles. The number of hydrogen-bond donors (Lipinski definition) is 0. The van der Waals surface area contributed by atoms with Gasteiger partial charge in [0.1, 0.15) is 11.5 Å². The van der Waals surface area contributed by atoms with Crippen LogP contribution in [-0.4, -0.2) is 0 Å². The van der Waals surface area contributed by atoms with E-state index < -0.39 is 10.8 Å². The molecule has 67 heavy (non-hydrogen) atoms. The molecular weight excluding hydrogens is 831 g/mol. The summed E-state index contributed by atoms with van der Waals surface area (Å²) in [5.41, 5.74) is 17.5. The highest BCUT2D eigenvalue weighted by atomic mass is 32.2. The highest BCUT2D eigenvalue weighted by Crippen LogP contribution is 2.65. The molecule has 0 fully saturated rings. The molecular formula is C64H39NOS. The fourth-order valence-corrected chi connectivity index (χ4v) is 13.7. The fraction of sp³-hybridized carbons (Fsp3) is 0.0312. The van der Waals surface area contributed by atoms with Crippen molar-refractivity contribution in [2.45, 2.75) is 20.6 Å². The van der Waals surface area contributed by atoms with Gasteiger partial charge in [-0.25, -0.2) is 0 Å². The number of para-hydroxylation sites is 2. The summed E-state index contributed by atoms with van der Waals surface area (Å²) in [4.78, 5) is 5.10. The Morgan fingerprint density at radius 3 is 1.48 bits per heavy atom. The number of benzene rings is 11. The molecule has 2 aliphatic heterocycles. The van der Waals surface area contributed by atoms with Gasteiger partial charge in [-0.1, -0.05) is 188 Å². The van der Waals surface area contributed by atoms with Crippen LogP contribution in [0.3, 0.4) is 0 Å². The number of rotatable bonds is 3. The van der Waals surface area contributed by atoms with E-state index in [1.807, 2.05) is 11.8 Å². The number of hydrogen-bond acceptors (Lipinski definition) is 3. The van der Waals surface area contributed by atoms with Crippen molar-refractivity contribution in [3.8, 4) is 33.8 Å². The van der Waals surface area contributed by atoms with Crippen molar-refractivity contribution in [1.82, 2.24) is 0 Å². The lowest BCUT2D eigenvalue weighted by molar-refractivity contribution is 0.436. The van der Waals surface area contributed by atoms with E-state index in [2.05, 4.69) is 241 Å². The molecule has 4 aliphatic rings. The largest absolute Gasteiger partial charge is 0.457 e. The molecule has 0 saturated carbocycles. The summed E-state index contributed by atoms with van der Waals surface area (Å²) in [6.07, 6.45) is 0. The Labute approximate surface area is 393 Å². The summed E-state index contributed by atoms with van der Waals surface area (Å²) in [5.74, 6) is 1.80. The van der Waals surface area contributed by atoms with Crippen LogP contribution in [0.2, 0.25) is 0 Å². The molecule has 3 heteroatoms. The first-order valence-electron chi connectivity index (χ1n) is 23.2. The number of fused-ring (bicyclic) bond motifs is 21. The van der Waals surface area contributed by atoms with Crippen molar-refractivity contribution in [3.63, 3.8) is 0 Å². The minimum absolute atomic E-state index is 0.499. The average molecular weight is 870 g/mol. The third kappa shape index (κ3) is 4.86. The third-order valence-corrected chi connectivity index (χ3v) is 16.3. The van der Waals surface area contributed by atoms with Crippen molar-refractivity contribution < 1.29 is 4.74 Å². The van der Waals surface area contributed by atoms with E-state index in [9.17, 15) is 0 Å². The van der Waals surface area contributed by atoms with Gasteiger partial charge in [0.15, 0.2) is 0 Å². The second kappa shape index (κ2) is 13.7. The molecule has 2 aliphatic carbocycles. The van der Waals surface area contributed by atoms with Crippen LogP contribution >= 0.6 is 11.8 Å². The number of ether oxygens (including phenoxy) is 1. The molecule has 0 aromatic heterocycles. The monoisotopic (exact) mass is 869 g/mol. The van der Waals surface area contributed by atoms with Crippen LogP contribution in [0.25, 0.3) is 43.8 Å². The smallest absolute Gasteiger partial charge is 0.132 e. The SMILES string of the molecule is c1ccc2c(c1)Oc1ccccc1C21c2ccccc2-c2cc(N(c3ccc4c(c3)C3(c5ccccc5Sc5ccccc53)c3ccccc3-4)c3ccc4c(ccc5ccccc54)c3)ccc21. The Morgan fingerprint density at radius 2 is 0.761 bits per heavy atom. The Bertz CT molecular complexity index is 3830. The molecule has 2 spiro atoms. The van der Waals surface area contributed by atoms with Crippen LogP contribution in [0.5, 0.6) is 11.5 Å². The summed E-state index contributed by atoms with van der Waals surface area (Å²) < 4.78 is 6.68. The maximum atomic E-state index is 6.68. The number of nitrogens with zero attached hydrogens (tertiary/aromatic N) is 1. The molecule has 0 atom stereocenters. The van der Waals surface area contributed by atoms with Crippen molar-refractivity contribution >= 4 is 50.4 Å². The summed E-state index contributed by atoms with van der Waals surface area (Å²) in [5, 5.41) is 4.97. The van der Waals surface area contributed by atoms with E-state index in [0.717, 1.165) is 28.6 Å². The molecule has 0 radical (unpaired) electrons. The van der Waals surface area contributed by atoms with Gasteiger partial charge in [-0.2, -0.15) is 0 Å². The van der Waals surface area contributed by atoms with Crippen LogP contribution < -0.4 is 9.64 Å². The van der Waals surface area contributed by atoms with Gasteiger partial charge in [-0.05, 0) is 138 Å². The molecule has 0 saturated heterocycles. The second-order valence-corrected chi connectivity index (χ2v) is 19.4. The number of anilines is 3. The third-order valence-electron chi connectivity index (χ3n) is 15.2. The predicted molar refractivity (Wildman–Crippen MR) is 275 cm³/mol. The highest BCUT2D eigenvalue weighted by Gasteiger charge is 2.52. The second-order valence-electron chi connectivity index (χ2n) is 18.3. The van der Waals surface area contributed by atoms with Crippen molar-refractivity contribution in [2.75, 3.05) is 4.90 Å². The van der Waals surface area contributed by atoms with Crippen LogP contribution in [0.4, 0.5) is 17.1 Å². The molecule has 0 bridgehead atoms. The summed E-state index contributed by atoms with van der Waals surface area (Å²) >= 11 is 1.89. The standard InChI is InChI=1S/C64H39NOS/c1-2-16-45-40(15-1)29-30-41-37-42(31-34-46(41)45)65(43-33-36-53-50(38-43)48-18-4-6-20-52(48)63(53)54-21-7-11-25-59(54)66-60-26-12-8-22-55(60)63)44-32-35-49-47-17-3-5-19-51(47)64(58(49)39-44)56-23-9-13-27-61(56)67-62-28-14-10-24-57(62)64/h1-39H. The van der Waals surface area contributed by atoms with Crippen LogP contribution in [0.1, 0.15) is 44.5 Å². The van der Waals surface area contributed by atoms with Crippen molar-refractivity contribution in [1.29, 1.82) is 0 Å². The maximum absolute atomic E-state index is 6.68. The van der Waals surface area contributed by atoms with E-state index in [4.69, 9.17) is 4.74 Å². The zero-order chi connectivity index (χ0) is 43.8. The Kier molecular flexibility index (Phi) is 7.60. The van der Waals surface area contributed by atoms with Gasteiger partial charge in [0.2, 0.25) is 0 Å². The summed E-state index contributed by atoms with van der Waals surface area (Å²) in [7, 11) is 0. The highest BCUT2D eigenvalue weighted by molar-refractivity contribution is 7.99. The van der Waals surface area contributed by atoms with E-state index in [0.29, 0.717) is 0 Å². The van der Waals surface area contributed by atoms with Gasteiger partial charge in [0.25, 0.3) is 0 Å². The van der Waals surface area contributed by atoms with E-state index in [1.165, 1.54) is 98.1 Å². The first-order chi connectivity index (χ1) is 33.2. The first kappa shape index (κ1) is 37.1. The molecule has 11 aromatic carbocycles. The Morgan fingerprint density at radius 1 is 0.299 bits per heavy atom. The van der Waals surface area contributed by atoms with Gasteiger partial charge in [-0.15, -0.1) is 0 Å². The maximum Gasteiger partial charge on any atom is 0.132 e. The molecule has 2 nitrogen and oxygen atoms in total. The zero-order valence-electron chi connectivity index (χ0n) is 36.3. The zero-order valence-corrected chi connectivity index (χ0v) is 37.1. The summed E-state index contributed by atoms with van der Waals surface area (Å²) in [6, 6.07) is 88.2. The average Bonchev–Trinajstić information content (AvgIpc) is 3.84. The van der Waals surface area contributed by atoms with Crippen LogP contribution in [0, 0.1) is 0 Å². The fourth-order valence-electron chi connectivity index (χ4n) is 12.6.